The summed E-state index contributed by atoms with van der Waals surface area (Å²) in [6.07, 6.45) is 4.90. The first-order chi connectivity index (χ1) is 10.1. The minimum atomic E-state index is -3.57. The first-order valence-corrected chi connectivity index (χ1v) is 8.71. The van der Waals surface area contributed by atoms with Crippen molar-refractivity contribution in [3.05, 3.63) is 41.9 Å². The molecule has 0 bridgehead atoms. The Morgan fingerprint density at radius 3 is 2.86 bits per heavy atom. The maximum atomic E-state index is 12.9. The molecule has 1 aliphatic heterocycles. The quantitative estimate of drug-likeness (QED) is 0.947. The molecule has 0 spiro atoms. The number of imidazole rings is 1. The molecule has 21 heavy (non-hydrogen) atoms. The third-order valence-electron chi connectivity index (χ3n) is 3.83. The van der Waals surface area contributed by atoms with Crippen LogP contribution in [-0.2, 0) is 22.9 Å². The predicted molar refractivity (Wildman–Crippen MR) is 81.9 cm³/mol. The maximum Gasteiger partial charge on any atom is 0.281 e. The summed E-state index contributed by atoms with van der Waals surface area (Å²) in [5.41, 5.74) is 1.89. The van der Waals surface area contributed by atoms with Gasteiger partial charge in [-0.05, 0) is 30.9 Å². The van der Waals surface area contributed by atoms with Crippen LogP contribution < -0.4 is 4.31 Å². The summed E-state index contributed by atoms with van der Waals surface area (Å²) in [7, 11) is -3.57. The van der Waals surface area contributed by atoms with Crippen molar-refractivity contribution in [2.24, 2.45) is 0 Å². The van der Waals surface area contributed by atoms with Crippen LogP contribution in [0.15, 0.2) is 35.5 Å². The number of sulfonamides is 1. The number of fused-ring (bicyclic) bond motifs is 1. The zero-order valence-corrected chi connectivity index (χ0v) is 12.9. The SMILES string of the molecule is CCc1ncc(S(=O)(=O)N2CCCCc3ccccc32)[nH]1. The zero-order valence-electron chi connectivity index (χ0n) is 12.0. The van der Waals surface area contributed by atoms with Gasteiger partial charge in [0.2, 0.25) is 0 Å². The molecule has 0 radical (unpaired) electrons. The third-order valence-corrected chi connectivity index (χ3v) is 5.55. The van der Waals surface area contributed by atoms with Crippen LogP contribution in [0.1, 0.15) is 31.2 Å². The number of nitrogens with zero attached hydrogens (tertiary/aromatic N) is 2. The molecular weight excluding hydrogens is 286 g/mol. The number of H-pyrrole nitrogens is 1. The first-order valence-electron chi connectivity index (χ1n) is 7.27. The minimum absolute atomic E-state index is 0.177. The second kappa shape index (κ2) is 5.52. The van der Waals surface area contributed by atoms with Crippen LogP contribution in [0.3, 0.4) is 0 Å². The Kier molecular flexibility index (Phi) is 3.71. The molecule has 0 amide bonds. The number of aryl methyl sites for hydroxylation is 2. The van der Waals surface area contributed by atoms with Crippen LogP contribution in [0.2, 0.25) is 0 Å². The van der Waals surface area contributed by atoms with Crippen LogP contribution in [0.25, 0.3) is 0 Å². The Labute approximate surface area is 125 Å². The van der Waals surface area contributed by atoms with E-state index in [0.717, 1.165) is 30.5 Å². The maximum absolute atomic E-state index is 12.9. The lowest BCUT2D eigenvalue weighted by molar-refractivity contribution is 0.586. The number of hydrogen-bond donors (Lipinski definition) is 1. The molecule has 0 aliphatic carbocycles. The normalized spacial score (nSPS) is 15.6. The largest absolute Gasteiger partial charge is 0.332 e. The first kappa shape index (κ1) is 14.1. The zero-order chi connectivity index (χ0) is 14.9. The van der Waals surface area contributed by atoms with Gasteiger partial charge >= 0.3 is 0 Å². The van der Waals surface area contributed by atoms with Gasteiger partial charge in [-0.3, -0.25) is 4.31 Å². The Morgan fingerprint density at radius 2 is 2.10 bits per heavy atom. The van der Waals surface area contributed by atoms with Crippen molar-refractivity contribution in [2.75, 3.05) is 10.8 Å². The average molecular weight is 305 g/mol. The highest BCUT2D eigenvalue weighted by molar-refractivity contribution is 7.92. The number of rotatable bonds is 3. The summed E-state index contributed by atoms with van der Waals surface area (Å²) in [4.78, 5) is 7.02. The van der Waals surface area contributed by atoms with E-state index in [-0.39, 0.29) is 5.03 Å². The van der Waals surface area contributed by atoms with Crippen molar-refractivity contribution >= 4 is 15.7 Å². The van der Waals surface area contributed by atoms with Gasteiger partial charge < -0.3 is 4.98 Å². The van der Waals surface area contributed by atoms with Crippen molar-refractivity contribution < 1.29 is 8.42 Å². The molecule has 0 saturated carbocycles. The van der Waals surface area contributed by atoms with Crippen molar-refractivity contribution in [2.45, 2.75) is 37.6 Å². The van der Waals surface area contributed by atoms with Gasteiger partial charge in [-0.2, -0.15) is 8.42 Å². The molecule has 0 unspecified atom stereocenters. The van der Waals surface area contributed by atoms with Gasteiger partial charge in [-0.15, -0.1) is 0 Å². The molecule has 1 aromatic heterocycles. The summed E-state index contributed by atoms with van der Waals surface area (Å²) in [6, 6.07) is 7.74. The van der Waals surface area contributed by atoms with Gasteiger partial charge in [0, 0.05) is 13.0 Å². The number of para-hydroxylation sites is 1. The Balaban J connectivity index is 2.06. The van der Waals surface area contributed by atoms with E-state index in [1.807, 2.05) is 31.2 Å². The van der Waals surface area contributed by atoms with Crippen LogP contribution in [-0.4, -0.2) is 24.9 Å². The fourth-order valence-corrected chi connectivity index (χ4v) is 4.16. The lowest BCUT2D eigenvalue weighted by Crippen LogP contribution is -2.32. The fraction of sp³-hybridized carbons (Fsp3) is 0.400. The number of aromatic nitrogens is 2. The fourth-order valence-electron chi connectivity index (χ4n) is 2.68. The lowest BCUT2D eigenvalue weighted by atomic mass is 10.1. The van der Waals surface area contributed by atoms with E-state index in [9.17, 15) is 8.42 Å². The molecule has 1 aromatic carbocycles. The number of hydrogen-bond acceptors (Lipinski definition) is 3. The van der Waals surface area contributed by atoms with Crippen molar-refractivity contribution in [3.63, 3.8) is 0 Å². The van der Waals surface area contributed by atoms with Gasteiger partial charge in [0.25, 0.3) is 10.0 Å². The standard InChI is InChI=1S/C15H19N3O2S/c1-2-14-16-11-15(17-14)21(19,20)18-10-6-5-8-12-7-3-4-9-13(12)18/h3-4,7,9,11H,2,5-6,8,10H2,1H3,(H,16,17). The van der Waals surface area contributed by atoms with Crippen molar-refractivity contribution in [3.8, 4) is 0 Å². The molecule has 2 aromatic rings. The Hall–Kier alpha value is -1.82. The van der Waals surface area contributed by atoms with Crippen LogP contribution in [0, 0.1) is 0 Å². The van der Waals surface area contributed by atoms with E-state index in [0.29, 0.717) is 18.8 Å². The number of benzene rings is 1. The summed E-state index contributed by atoms with van der Waals surface area (Å²) in [5, 5.41) is 0.177. The second-order valence-corrected chi connectivity index (χ2v) is 7.04. The van der Waals surface area contributed by atoms with Gasteiger partial charge in [0.1, 0.15) is 5.82 Å². The van der Waals surface area contributed by atoms with Crippen LogP contribution in [0.5, 0.6) is 0 Å². The second-order valence-electron chi connectivity index (χ2n) is 5.21. The average Bonchev–Trinajstić information content (AvgIpc) is 2.87. The lowest BCUT2D eigenvalue weighted by Gasteiger charge is -2.23. The molecule has 1 N–H and O–H groups in total. The Morgan fingerprint density at radius 1 is 1.29 bits per heavy atom. The monoisotopic (exact) mass is 305 g/mol. The highest BCUT2D eigenvalue weighted by atomic mass is 32.2. The molecular formula is C15H19N3O2S. The highest BCUT2D eigenvalue weighted by Gasteiger charge is 2.29. The highest BCUT2D eigenvalue weighted by Crippen LogP contribution is 2.30. The van der Waals surface area contributed by atoms with Gasteiger partial charge in [-0.1, -0.05) is 25.1 Å². The van der Waals surface area contributed by atoms with Crippen LogP contribution in [0.4, 0.5) is 5.69 Å². The molecule has 2 heterocycles. The molecule has 0 atom stereocenters. The smallest absolute Gasteiger partial charge is 0.281 e. The predicted octanol–water partition coefficient (Wildman–Crippen LogP) is 2.50. The van der Waals surface area contributed by atoms with Crippen LogP contribution >= 0.6 is 0 Å². The number of nitrogens with one attached hydrogen (secondary N) is 1. The van der Waals surface area contributed by atoms with Gasteiger partial charge in [-0.25, -0.2) is 4.98 Å². The summed E-state index contributed by atoms with van der Waals surface area (Å²) < 4.78 is 27.3. The Bertz CT molecular complexity index is 737. The summed E-state index contributed by atoms with van der Waals surface area (Å²) in [5.74, 6) is 0.691. The molecule has 112 valence electrons. The molecule has 3 rings (SSSR count). The summed E-state index contributed by atoms with van der Waals surface area (Å²) >= 11 is 0. The molecule has 0 saturated heterocycles. The van der Waals surface area contributed by atoms with E-state index in [1.54, 1.807) is 0 Å². The van der Waals surface area contributed by atoms with E-state index < -0.39 is 10.0 Å². The summed E-state index contributed by atoms with van der Waals surface area (Å²) in [6.45, 7) is 2.45. The van der Waals surface area contributed by atoms with E-state index in [4.69, 9.17) is 0 Å². The van der Waals surface area contributed by atoms with Gasteiger partial charge in [0.15, 0.2) is 5.03 Å². The van der Waals surface area contributed by atoms with Crippen molar-refractivity contribution in [1.29, 1.82) is 0 Å². The number of anilines is 1. The minimum Gasteiger partial charge on any atom is -0.332 e. The molecule has 6 heteroatoms. The number of aromatic amines is 1. The topological polar surface area (TPSA) is 66.1 Å². The molecule has 0 fully saturated rings. The third kappa shape index (κ3) is 2.55. The van der Waals surface area contributed by atoms with E-state index in [1.165, 1.54) is 10.5 Å². The van der Waals surface area contributed by atoms with Gasteiger partial charge in [0.05, 0.1) is 11.9 Å². The van der Waals surface area contributed by atoms with Crippen molar-refractivity contribution in [1.82, 2.24) is 9.97 Å². The molecule has 5 nitrogen and oxygen atoms in total. The van der Waals surface area contributed by atoms with E-state index >= 15 is 0 Å². The van der Waals surface area contributed by atoms with E-state index in [2.05, 4.69) is 9.97 Å². The molecule has 1 aliphatic rings.